The Morgan fingerprint density at radius 1 is 1.15 bits per heavy atom. The van der Waals surface area contributed by atoms with Crippen molar-refractivity contribution in [2.75, 3.05) is 0 Å². The summed E-state index contributed by atoms with van der Waals surface area (Å²) in [4.78, 5) is 16.4. The summed E-state index contributed by atoms with van der Waals surface area (Å²) >= 11 is 2.00. The van der Waals surface area contributed by atoms with Gasteiger partial charge in [-0.2, -0.15) is 0 Å². The van der Waals surface area contributed by atoms with Gasteiger partial charge in [0.2, 0.25) is 11.8 Å². The molecule has 20 heavy (non-hydrogen) atoms. The van der Waals surface area contributed by atoms with E-state index in [1.807, 2.05) is 22.6 Å². The van der Waals surface area contributed by atoms with E-state index in [9.17, 15) is 20.1 Å². The highest BCUT2D eigenvalue weighted by atomic mass is 125. The van der Waals surface area contributed by atoms with E-state index < -0.39 is 5.97 Å². The molecule has 0 aliphatic carbocycles. The summed E-state index contributed by atoms with van der Waals surface area (Å²) in [6.07, 6.45) is 0.510. The number of phenolic OH excluding ortho intramolecular Hbond substituents is 1. The second-order valence-corrected chi connectivity index (χ2v) is 5.26. The molecule has 0 bridgehead atoms. The van der Waals surface area contributed by atoms with Crippen LogP contribution in [0.25, 0.3) is 0 Å². The summed E-state index contributed by atoms with van der Waals surface area (Å²) in [5, 5.41) is 28.1. The van der Waals surface area contributed by atoms with Gasteiger partial charge in [0.15, 0.2) is 0 Å². The van der Waals surface area contributed by atoms with Crippen LogP contribution < -0.4 is 4.84 Å². The van der Waals surface area contributed by atoms with Gasteiger partial charge in [-0.3, -0.25) is 0 Å². The summed E-state index contributed by atoms with van der Waals surface area (Å²) in [5.41, 5.74) is 0.880. The van der Waals surface area contributed by atoms with E-state index >= 15 is 0 Å². The third-order valence-corrected chi connectivity index (χ3v) is 3.48. The Balaban J connectivity index is 1.94. The van der Waals surface area contributed by atoms with Gasteiger partial charge in [0.1, 0.15) is 5.75 Å². The van der Waals surface area contributed by atoms with Crippen LogP contribution in [-0.2, 0) is 11.2 Å². The van der Waals surface area contributed by atoms with Crippen LogP contribution in [0.2, 0.25) is 0 Å². The predicted molar refractivity (Wildman–Crippen MR) is 78.5 cm³/mol. The molecule has 1 aromatic heterocycles. The predicted octanol–water partition coefficient (Wildman–Crippen LogP) is 1.80. The average molecular weight is 387 g/mol. The largest absolute Gasteiger partial charge is 0.507 e. The SMILES string of the molecule is O=C(CCc1ccc(O)c([125I])c1)On1c(O)ccc1O. The molecule has 2 aromatic rings. The zero-order chi connectivity index (χ0) is 14.7. The van der Waals surface area contributed by atoms with Crippen molar-refractivity contribution in [1.29, 1.82) is 0 Å². The Labute approximate surface area is 128 Å². The molecule has 3 N–H and O–H groups in total. The van der Waals surface area contributed by atoms with Gasteiger partial charge in [-0.25, -0.2) is 4.79 Å². The highest BCUT2D eigenvalue weighted by Gasteiger charge is 2.12. The maximum absolute atomic E-state index is 11.6. The second-order valence-electron chi connectivity index (χ2n) is 4.09. The van der Waals surface area contributed by atoms with E-state index in [2.05, 4.69) is 0 Å². The van der Waals surface area contributed by atoms with Crippen molar-refractivity contribution in [2.24, 2.45) is 0 Å². The van der Waals surface area contributed by atoms with Gasteiger partial charge < -0.3 is 20.2 Å². The molecule has 7 heteroatoms. The maximum Gasteiger partial charge on any atom is 0.333 e. The lowest BCUT2D eigenvalue weighted by atomic mass is 10.1. The molecule has 1 aromatic carbocycles. The standard InChI is InChI=1S/C13H12INO5/c14-9-7-8(1-3-10(9)16)2-6-13(19)20-15-11(17)4-5-12(15)18/h1,3-5,7,16-18H,2,6H2/i14-2. The zero-order valence-electron chi connectivity index (χ0n) is 10.3. The molecule has 0 amide bonds. The molecule has 0 aliphatic heterocycles. The highest BCUT2D eigenvalue weighted by Crippen LogP contribution is 2.21. The molecule has 1 heterocycles. The number of aryl methyl sites for hydroxylation is 1. The monoisotopic (exact) mass is 387 g/mol. The minimum Gasteiger partial charge on any atom is -0.507 e. The Kier molecular flexibility index (Phi) is 4.38. The minimum atomic E-state index is -0.588. The summed E-state index contributed by atoms with van der Waals surface area (Å²) in [5.74, 6) is -1.10. The molecule has 0 saturated heterocycles. The van der Waals surface area contributed by atoms with Crippen molar-refractivity contribution in [3.63, 3.8) is 0 Å². The minimum absolute atomic E-state index is 0.0813. The Morgan fingerprint density at radius 3 is 2.40 bits per heavy atom. The number of phenols is 1. The van der Waals surface area contributed by atoms with Crippen molar-refractivity contribution in [3.8, 4) is 17.5 Å². The molecular weight excluding hydrogens is 375 g/mol. The van der Waals surface area contributed by atoms with Gasteiger partial charge in [-0.05, 0) is 46.7 Å². The molecule has 0 unspecified atom stereocenters. The second kappa shape index (κ2) is 6.04. The highest BCUT2D eigenvalue weighted by molar-refractivity contribution is 14.1. The lowest BCUT2D eigenvalue weighted by Crippen LogP contribution is -2.19. The number of carbonyl (C=O) groups excluding carboxylic acids is 1. The van der Waals surface area contributed by atoms with Gasteiger partial charge >= 0.3 is 5.97 Å². The molecule has 0 radical (unpaired) electrons. The topological polar surface area (TPSA) is 91.9 Å². The van der Waals surface area contributed by atoms with Crippen LogP contribution in [0.4, 0.5) is 0 Å². The number of carbonyl (C=O) groups is 1. The summed E-state index contributed by atoms with van der Waals surface area (Å²) in [6, 6.07) is 7.48. The number of nitrogens with zero attached hydrogens (tertiary/aromatic N) is 1. The van der Waals surface area contributed by atoms with Gasteiger partial charge in [0.25, 0.3) is 0 Å². The van der Waals surface area contributed by atoms with E-state index in [1.54, 1.807) is 18.2 Å². The van der Waals surface area contributed by atoms with Crippen molar-refractivity contribution in [2.45, 2.75) is 12.8 Å². The van der Waals surface area contributed by atoms with Crippen LogP contribution in [0.1, 0.15) is 12.0 Å². The Morgan fingerprint density at radius 2 is 1.80 bits per heavy atom. The van der Waals surface area contributed by atoms with Crippen molar-refractivity contribution in [3.05, 3.63) is 39.5 Å². The number of halogens is 1. The third-order valence-electron chi connectivity index (χ3n) is 2.62. The van der Waals surface area contributed by atoms with E-state index in [0.717, 1.165) is 5.56 Å². The lowest BCUT2D eigenvalue weighted by Gasteiger charge is -2.07. The summed E-state index contributed by atoms with van der Waals surface area (Å²) in [6.45, 7) is 0. The molecule has 106 valence electrons. The average Bonchev–Trinajstić information content (AvgIpc) is 2.72. The third kappa shape index (κ3) is 3.35. The van der Waals surface area contributed by atoms with Crippen LogP contribution in [0.3, 0.4) is 0 Å². The van der Waals surface area contributed by atoms with Gasteiger partial charge in [0.05, 0.1) is 9.99 Å². The number of aromatic nitrogens is 1. The number of hydrogen-bond acceptors (Lipinski definition) is 5. The first-order valence-electron chi connectivity index (χ1n) is 5.75. The molecule has 0 aliphatic rings. The summed E-state index contributed by atoms with van der Waals surface area (Å²) in [7, 11) is 0. The number of rotatable bonds is 4. The molecule has 2 rings (SSSR count). The van der Waals surface area contributed by atoms with Gasteiger partial charge in [0, 0.05) is 12.1 Å². The fourth-order valence-electron chi connectivity index (χ4n) is 1.60. The van der Waals surface area contributed by atoms with Gasteiger partial charge in [-0.1, -0.05) is 6.07 Å². The fraction of sp³-hybridized carbons (Fsp3) is 0.154. The lowest BCUT2D eigenvalue weighted by molar-refractivity contribution is -0.145. The van der Waals surface area contributed by atoms with Gasteiger partial charge in [-0.15, -0.1) is 4.73 Å². The molecule has 0 saturated carbocycles. The van der Waals surface area contributed by atoms with Crippen LogP contribution >= 0.6 is 22.6 Å². The van der Waals surface area contributed by atoms with E-state index in [4.69, 9.17) is 4.84 Å². The first-order valence-corrected chi connectivity index (χ1v) is 6.83. The zero-order valence-corrected chi connectivity index (χ0v) is 12.4. The smallest absolute Gasteiger partial charge is 0.333 e. The summed E-state index contributed by atoms with van der Waals surface area (Å²) < 4.78 is 1.36. The quantitative estimate of drug-likeness (QED) is 0.696. The fourth-order valence-corrected chi connectivity index (χ4v) is 2.17. The Hall–Kier alpha value is -1.90. The van der Waals surface area contributed by atoms with Crippen molar-refractivity contribution in [1.82, 2.24) is 4.73 Å². The van der Waals surface area contributed by atoms with E-state index in [1.165, 1.54) is 12.1 Å². The Bertz CT molecular complexity index is 618. The molecule has 0 fully saturated rings. The first kappa shape index (κ1) is 14.5. The maximum atomic E-state index is 11.6. The van der Waals surface area contributed by atoms with Crippen LogP contribution in [0, 0.1) is 3.57 Å². The number of hydrogen-bond donors (Lipinski definition) is 3. The number of aromatic hydroxyl groups is 3. The van der Waals surface area contributed by atoms with Crippen LogP contribution in [0.15, 0.2) is 30.3 Å². The molecular formula is C13H12INO5. The van der Waals surface area contributed by atoms with E-state index in [-0.39, 0.29) is 23.9 Å². The molecule has 0 spiro atoms. The van der Waals surface area contributed by atoms with Crippen molar-refractivity contribution >= 4 is 28.6 Å². The van der Waals surface area contributed by atoms with E-state index in [0.29, 0.717) is 14.7 Å². The number of benzene rings is 1. The molecule has 6 nitrogen and oxygen atoms in total. The molecule has 0 atom stereocenters. The normalized spacial score (nSPS) is 10.4. The van der Waals surface area contributed by atoms with Crippen LogP contribution in [-0.4, -0.2) is 26.0 Å². The first-order chi connectivity index (χ1) is 9.47. The van der Waals surface area contributed by atoms with Crippen LogP contribution in [0.5, 0.6) is 17.5 Å². The van der Waals surface area contributed by atoms with Crippen molar-refractivity contribution < 1.29 is 25.0 Å².